The molecule has 0 radical (unpaired) electrons. The van der Waals surface area contributed by atoms with Crippen LogP contribution in [0.15, 0.2) is 45.9 Å². The van der Waals surface area contributed by atoms with Gasteiger partial charge in [0.1, 0.15) is 5.76 Å². The maximum Gasteiger partial charge on any atom is 0.260 e. The SMILES string of the molecule is Cc1nc2ccn(Cc3ccco3)c(=O)c2cc1C(=O)NC[C@H]1CCCO1. The molecule has 140 valence electrons. The summed E-state index contributed by atoms with van der Waals surface area (Å²) in [5, 5.41) is 3.30. The Hall–Kier alpha value is -2.93. The number of furan rings is 1. The van der Waals surface area contributed by atoms with Crippen LogP contribution in [0.1, 0.15) is 34.7 Å². The van der Waals surface area contributed by atoms with Crippen molar-refractivity contribution >= 4 is 16.8 Å². The smallest absolute Gasteiger partial charge is 0.260 e. The summed E-state index contributed by atoms with van der Waals surface area (Å²) in [4.78, 5) is 29.9. The monoisotopic (exact) mass is 367 g/mol. The summed E-state index contributed by atoms with van der Waals surface area (Å²) >= 11 is 0. The summed E-state index contributed by atoms with van der Waals surface area (Å²) in [5.74, 6) is 0.448. The number of carbonyl (C=O) groups excluding carboxylic acids is 1. The number of carbonyl (C=O) groups is 1. The molecule has 3 aromatic heterocycles. The second-order valence-electron chi connectivity index (χ2n) is 6.73. The first-order valence-corrected chi connectivity index (χ1v) is 9.05. The number of aromatic nitrogens is 2. The number of amides is 1. The average Bonchev–Trinajstić information content (AvgIpc) is 3.35. The number of hydrogen-bond donors (Lipinski definition) is 1. The molecule has 0 bridgehead atoms. The van der Waals surface area contributed by atoms with Crippen molar-refractivity contribution in [3.05, 3.63) is 64.1 Å². The van der Waals surface area contributed by atoms with Crippen LogP contribution < -0.4 is 10.9 Å². The summed E-state index contributed by atoms with van der Waals surface area (Å²) in [7, 11) is 0. The van der Waals surface area contributed by atoms with Gasteiger partial charge < -0.3 is 19.0 Å². The fourth-order valence-corrected chi connectivity index (χ4v) is 3.34. The normalized spacial score (nSPS) is 16.7. The largest absolute Gasteiger partial charge is 0.467 e. The van der Waals surface area contributed by atoms with Gasteiger partial charge in [0.2, 0.25) is 0 Å². The quantitative estimate of drug-likeness (QED) is 0.747. The Kier molecular flexibility index (Phi) is 4.77. The summed E-state index contributed by atoms with van der Waals surface area (Å²) < 4.78 is 12.4. The lowest BCUT2D eigenvalue weighted by Crippen LogP contribution is -2.32. The van der Waals surface area contributed by atoms with E-state index >= 15 is 0 Å². The highest BCUT2D eigenvalue weighted by molar-refractivity contribution is 5.98. The highest BCUT2D eigenvalue weighted by atomic mass is 16.5. The van der Waals surface area contributed by atoms with Gasteiger partial charge in [-0.05, 0) is 44.0 Å². The predicted molar refractivity (Wildman–Crippen MR) is 99.9 cm³/mol. The molecule has 0 aliphatic carbocycles. The van der Waals surface area contributed by atoms with E-state index in [0.717, 1.165) is 19.4 Å². The molecule has 1 saturated heterocycles. The van der Waals surface area contributed by atoms with Gasteiger partial charge in [0.25, 0.3) is 11.5 Å². The van der Waals surface area contributed by atoms with E-state index in [0.29, 0.717) is 41.0 Å². The molecule has 1 N–H and O–H groups in total. The molecule has 3 aromatic rings. The Morgan fingerprint density at radius 2 is 2.30 bits per heavy atom. The lowest BCUT2D eigenvalue weighted by Gasteiger charge is -2.12. The summed E-state index contributed by atoms with van der Waals surface area (Å²) in [5.41, 5.74) is 1.37. The maximum atomic E-state index is 12.8. The first-order valence-electron chi connectivity index (χ1n) is 9.05. The molecule has 1 aliphatic rings. The molecule has 4 rings (SSSR count). The van der Waals surface area contributed by atoms with Gasteiger partial charge in [0.15, 0.2) is 0 Å². The first kappa shape index (κ1) is 17.5. The number of fused-ring (bicyclic) bond motifs is 1. The van der Waals surface area contributed by atoms with Crippen LogP contribution in [0.3, 0.4) is 0 Å². The van der Waals surface area contributed by atoms with E-state index < -0.39 is 0 Å². The van der Waals surface area contributed by atoms with Gasteiger partial charge in [-0.3, -0.25) is 14.6 Å². The highest BCUT2D eigenvalue weighted by Gasteiger charge is 2.19. The van der Waals surface area contributed by atoms with Crippen molar-refractivity contribution in [2.24, 2.45) is 0 Å². The molecular formula is C20H21N3O4. The second-order valence-corrected chi connectivity index (χ2v) is 6.73. The zero-order valence-corrected chi connectivity index (χ0v) is 15.1. The number of hydrogen-bond acceptors (Lipinski definition) is 5. The third-order valence-corrected chi connectivity index (χ3v) is 4.81. The Balaban J connectivity index is 1.62. The number of nitrogens with zero attached hydrogens (tertiary/aromatic N) is 2. The average molecular weight is 367 g/mol. The highest BCUT2D eigenvalue weighted by Crippen LogP contribution is 2.15. The van der Waals surface area contributed by atoms with Crippen LogP contribution in [0.2, 0.25) is 0 Å². The van der Waals surface area contributed by atoms with Gasteiger partial charge in [-0.15, -0.1) is 0 Å². The zero-order valence-electron chi connectivity index (χ0n) is 15.1. The number of ether oxygens (including phenoxy) is 1. The van der Waals surface area contributed by atoms with Crippen LogP contribution in [-0.4, -0.2) is 34.7 Å². The van der Waals surface area contributed by atoms with E-state index in [-0.39, 0.29) is 17.6 Å². The molecule has 27 heavy (non-hydrogen) atoms. The van der Waals surface area contributed by atoms with Gasteiger partial charge in [0.05, 0.1) is 41.1 Å². The van der Waals surface area contributed by atoms with Gasteiger partial charge in [-0.1, -0.05) is 0 Å². The molecule has 0 aromatic carbocycles. The van der Waals surface area contributed by atoms with Crippen LogP contribution >= 0.6 is 0 Å². The molecule has 0 spiro atoms. The number of rotatable bonds is 5. The van der Waals surface area contributed by atoms with Crippen molar-refractivity contribution in [3.63, 3.8) is 0 Å². The summed E-state index contributed by atoms with van der Waals surface area (Å²) in [6, 6.07) is 7.00. The van der Waals surface area contributed by atoms with Crippen molar-refractivity contribution < 1.29 is 13.9 Å². The van der Waals surface area contributed by atoms with Crippen LogP contribution in [0.5, 0.6) is 0 Å². The molecule has 4 heterocycles. The van der Waals surface area contributed by atoms with Gasteiger partial charge in [0, 0.05) is 19.3 Å². The lowest BCUT2D eigenvalue weighted by atomic mass is 10.1. The first-order chi connectivity index (χ1) is 13.1. The van der Waals surface area contributed by atoms with Crippen LogP contribution in [-0.2, 0) is 11.3 Å². The number of pyridine rings is 2. The third-order valence-electron chi connectivity index (χ3n) is 4.81. The minimum absolute atomic E-state index is 0.0631. The van der Waals surface area contributed by atoms with E-state index in [1.165, 1.54) is 0 Å². The molecule has 7 heteroatoms. The van der Waals surface area contributed by atoms with E-state index in [4.69, 9.17) is 9.15 Å². The molecular weight excluding hydrogens is 346 g/mol. The minimum Gasteiger partial charge on any atom is -0.467 e. The summed E-state index contributed by atoms with van der Waals surface area (Å²) in [6.07, 6.45) is 5.30. The van der Waals surface area contributed by atoms with Crippen molar-refractivity contribution in [2.75, 3.05) is 13.2 Å². The van der Waals surface area contributed by atoms with E-state index in [1.807, 2.05) is 6.07 Å². The van der Waals surface area contributed by atoms with Gasteiger partial charge >= 0.3 is 0 Å². The van der Waals surface area contributed by atoms with Crippen molar-refractivity contribution in [1.29, 1.82) is 0 Å². The topological polar surface area (TPSA) is 86.4 Å². The lowest BCUT2D eigenvalue weighted by molar-refractivity contribution is 0.0857. The van der Waals surface area contributed by atoms with E-state index in [1.54, 1.807) is 42.1 Å². The van der Waals surface area contributed by atoms with Gasteiger partial charge in [-0.25, -0.2) is 0 Å². The van der Waals surface area contributed by atoms with Gasteiger partial charge in [-0.2, -0.15) is 0 Å². The summed E-state index contributed by atoms with van der Waals surface area (Å²) in [6.45, 7) is 3.31. The van der Waals surface area contributed by atoms with Crippen LogP contribution in [0, 0.1) is 6.92 Å². The molecule has 7 nitrogen and oxygen atoms in total. The van der Waals surface area contributed by atoms with E-state index in [9.17, 15) is 9.59 Å². The molecule has 1 amide bonds. The Labute approximate surface area is 156 Å². The van der Waals surface area contributed by atoms with Crippen molar-refractivity contribution in [1.82, 2.24) is 14.9 Å². The molecule has 1 aliphatic heterocycles. The molecule has 0 saturated carbocycles. The van der Waals surface area contributed by atoms with Crippen molar-refractivity contribution in [2.45, 2.75) is 32.4 Å². The third kappa shape index (κ3) is 3.64. The number of nitrogens with one attached hydrogen (secondary N) is 1. The van der Waals surface area contributed by atoms with Crippen LogP contribution in [0.25, 0.3) is 10.9 Å². The molecule has 1 fully saturated rings. The standard InChI is InChI=1S/C20H21N3O4/c1-13-16(19(24)21-11-14-4-2-8-26-14)10-17-18(22-13)6-7-23(20(17)25)12-15-5-3-9-27-15/h3,5-7,9-10,14H,2,4,8,11-12H2,1H3,(H,21,24)/t14-/m1/s1. The fraction of sp³-hybridized carbons (Fsp3) is 0.350. The van der Waals surface area contributed by atoms with E-state index in [2.05, 4.69) is 10.3 Å². The fourth-order valence-electron chi connectivity index (χ4n) is 3.34. The Bertz CT molecular complexity index is 1020. The Morgan fingerprint density at radius 3 is 3.04 bits per heavy atom. The van der Waals surface area contributed by atoms with Crippen molar-refractivity contribution in [3.8, 4) is 0 Å². The Morgan fingerprint density at radius 1 is 1.41 bits per heavy atom. The molecule has 1 atom stereocenters. The second kappa shape index (κ2) is 7.36. The molecule has 0 unspecified atom stereocenters. The number of aryl methyl sites for hydroxylation is 1. The van der Waals surface area contributed by atoms with Crippen LogP contribution in [0.4, 0.5) is 0 Å². The zero-order chi connectivity index (χ0) is 18.8. The minimum atomic E-state index is -0.238. The predicted octanol–water partition coefficient (Wildman–Crippen LogP) is 2.26. The maximum absolute atomic E-state index is 12.8.